The zero-order valence-electron chi connectivity index (χ0n) is 12.4. The summed E-state index contributed by atoms with van der Waals surface area (Å²) in [5, 5.41) is 2.95. The molecule has 0 radical (unpaired) electrons. The van der Waals surface area contributed by atoms with Crippen molar-refractivity contribution in [2.75, 3.05) is 31.2 Å². The lowest BCUT2D eigenvalue weighted by atomic mass is 10.2. The first-order valence-electron chi connectivity index (χ1n) is 7.28. The zero-order chi connectivity index (χ0) is 16.2. The first-order chi connectivity index (χ1) is 11.1. The third-order valence-corrected chi connectivity index (χ3v) is 6.89. The zero-order valence-corrected chi connectivity index (χ0v) is 16.3. The fourth-order valence-corrected chi connectivity index (χ4v) is 4.33. The van der Waals surface area contributed by atoms with Gasteiger partial charge in [0.25, 0.3) is 5.91 Å². The molecule has 0 bridgehead atoms. The van der Waals surface area contributed by atoms with Crippen LogP contribution in [-0.4, -0.2) is 32.2 Å². The Morgan fingerprint density at radius 2 is 1.91 bits per heavy atom. The predicted molar refractivity (Wildman–Crippen MR) is 100 cm³/mol. The summed E-state index contributed by atoms with van der Waals surface area (Å²) in [5.74, 6) is -0.0568. The Bertz CT molecular complexity index is 662. The van der Waals surface area contributed by atoms with Crippen molar-refractivity contribution in [3.05, 3.63) is 49.0 Å². The van der Waals surface area contributed by atoms with E-state index >= 15 is 0 Å². The first kappa shape index (κ1) is 17.0. The molecule has 1 aliphatic rings. The van der Waals surface area contributed by atoms with Crippen LogP contribution in [-0.2, 0) is 11.3 Å². The molecule has 1 N–H and O–H groups in total. The van der Waals surface area contributed by atoms with E-state index in [9.17, 15) is 4.79 Å². The number of nitrogens with one attached hydrogen (secondary N) is 1. The molecule has 0 aliphatic carbocycles. The lowest BCUT2D eigenvalue weighted by molar-refractivity contribution is 0.0955. The summed E-state index contributed by atoms with van der Waals surface area (Å²) in [7, 11) is 0. The van der Waals surface area contributed by atoms with Gasteiger partial charge in [0.1, 0.15) is 0 Å². The quantitative estimate of drug-likeness (QED) is 0.750. The summed E-state index contributed by atoms with van der Waals surface area (Å²) in [6, 6.07) is 10.2. The predicted octanol–water partition coefficient (Wildman–Crippen LogP) is 4.04. The van der Waals surface area contributed by atoms with Gasteiger partial charge in [-0.05, 0) is 55.6 Å². The van der Waals surface area contributed by atoms with E-state index in [4.69, 9.17) is 4.74 Å². The average Bonchev–Trinajstić information content (AvgIpc) is 2.93. The number of carbonyl (C=O) groups is 1. The molecule has 7 heteroatoms. The number of hydrogen-bond donors (Lipinski definition) is 1. The number of nitrogens with zero attached hydrogens (tertiary/aromatic N) is 1. The minimum Gasteiger partial charge on any atom is -0.378 e. The third kappa shape index (κ3) is 4.35. The van der Waals surface area contributed by atoms with Gasteiger partial charge >= 0.3 is 0 Å². The van der Waals surface area contributed by atoms with Crippen LogP contribution in [0.15, 0.2) is 38.6 Å². The molecule has 0 saturated carbocycles. The highest BCUT2D eigenvalue weighted by atomic mass is 79.9. The molecule has 2 heterocycles. The number of thiophene rings is 1. The molecule has 1 aromatic carbocycles. The summed E-state index contributed by atoms with van der Waals surface area (Å²) in [6.45, 7) is 3.94. The molecule has 0 spiro atoms. The van der Waals surface area contributed by atoms with Crippen LogP contribution in [0, 0.1) is 0 Å². The SMILES string of the molecule is O=C(NCc1ccc(N2CCOCC2)cc1)c1cc(Br)c(Br)s1. The van der Waals surface area contributed by atoms with Gasteiger partial charge in [-0.2, -0.15) is 0 Å². The molecule has 1 aliphatic heterocycles. The normalized spacial score (nSPS) is 14.8. The van der Waals surface area contributed by atoms with Crippen molar-refractivity contribution in [3.8, 4) is 0 Å². The van der Waals surface area contributed by atoms with Crippen LogP contribution in [0.1, 0.15) is 15.2 Å². The summed E-state index contributed by atoms with van der Waals surface area (Å²) >= 11 is 8.22. The molecule has 2 aromatic rings. The highest BCUT2D eigenvalue weighted by molar-refractivity contribution is 9.13. The molecule has 1 amide bonds. The highest BCUT2D eigenvalue weighted by Gasteiger charge is 2.13. The van der Waals surface area contributed by atoms with Gasteiger partial charge in [-0.1, -0.05) is 12.1 Å². The summed E-state index contributed by atoms with van der Waals surface area (Å²) < 4.78 is 7.20. The molecular weight excluding hydrogens is 444 g/mol. The van der Waals surface area contributed by atoms with E-state index in [0.717, 1.165) is 40.1 Å². The fraction of sp³-hybridized carbons (Fsp3) is 0.312. The van der Waals surface area contributed by atoms with E-state index in [0.29, 0.717) is 11.4 Å². The van der Waals surface area contributed by atoms with Gasteiger partial charge in [-0.15, -0.1) is 11.3 Å². The molecular formula is C16H16Br2N2O2S. The molecule has 4 nitrogen and oxygen atoms in total. The number of morpholine rings is 1. The fourth-order valence-electron chi connectivity index (χ4n) is 2.37. The second-order valence-electron chi connectivity index (χ2n) is 5.18. The minimum absolute atomic E-state index is 0.0568. The van der Waals surface area contributed by atoms with Gasteiger partial charge in [0.2, 0.25) is 0 Å². The standard InChI is InChI=1S/C16H16Br2N2O2S/c17-13-9-14(23-15(13)18)16(21)19-10-11-1-3-12(4-2-11)20-5-7-22-8-6-20/h1-4,9H,5-8,10H2,(H,19,21). The molecule has 122 valence electrons. The maximum absolute atomic E-state index is 12.1. The van der Waals surface area contributed by atoms with Gasteiger partial charge < -0.3 is 15.0 Å². The molecule has 3 rings (SSSR count). The van der Waals surface area contributed by atoms with Crippen molar-refractivity contribution in [1.82, 2.24) is 5.32 Å². The Morgan fingerprint density at radius 1 is 1.22 bits per heavy atom. The maximum atomic E-state index is 12.1. The van der Waals surface area contributed by atoms with Crippen molar-refractivity contribution < 1.29 is 9.53 Å². The van der Waals surface area contributed by atoms with E-state index < -0.39 is 0 Å². The average molecular weight is 460 g/mol. The van der Waals surface area contributed by atoms with Gasteiger partial charge in [0, 0.05) is 29.8 Å². The number of halogens is 2. The number of benzene rings is 1. The summed E-state index contributed by atoms with van der Waals surface area (Å²) in [6.07, 6.45) is 0. The Balaban J connectivity index is 1.56. The largest absolute Gasteiger partial charge is 0.378 e. The number of hydrogen-bond acceptors (Lipinski definition) is 4. The van der Waals surface area contributed by atoms with Crippen molar-refractivity contribution >= 4 is 54.8 Å². The van der Waals surface area contributed by atoms with Gasteiger partial charge in [0.15, 0.2) is 0 Å². The number of amides is 1. The number of ether oxygens (including phenoxy) is 1. The van der Waals surface area contributed by atoms with Gasteiger partial charge in [0.05, 0.1) is 21.9 Å². The van der Waals surface area contributed by atoms with Gasteiger partial charge in [-0.25, -0.2) is 0 Å². The van der Waals surface area contributed by atoms with Crippen molar-refractivity contribution in [2.24, 2.45) is 0 Å². The Morgan fingerprint density at radius 3 is 2.52 bits per heavy atom. The smallest absolute Gasteiger partial charge is 0.261 e. The molecule has 1 fully saturated rings. The second kappa shape index (κ2) is 7.79. The van der Waals surface area contributed by atoms with Crippen LogP contribution < -0.4 is 10.2 Å². The third-order valence-electron chi connectivity index (χ3n) is 3.63. The molecule has 23 heavy (non-hydrogen) atoms. The number of carbonyl (C=O) groups excluding carboxylic acids is 1. The van der Waals surface area contributed by atoms with E-state index in [1.54, 1.807) is 0 Å². The van der Waals surface area contributed by atoms with Gasteiger partial charge in [-0.3, -0.25) is 4.79 Å². The van der Waals surface area contributed by atoms with Crippen LogP contribution >= 0.6 is 43.2 Å². The summed E-state index contributed by atoms with van der Waals surface area (Å²) in [4.78, 5) is 15.1. The van der Waals surface area contributed by atoms with Crippen LogP contribution in [0.3, 0.4) is 0 Å². The number of anilines is 1. The second-order valence-corrected chi connectivity index (χ2v) is 8.41. The van der Waals surface area contributed by atoms with E-state index in [1.807, 2.05) is 6.07 Å². The van der Waals surface area contributed by atoms with Crippen LogP contribution in [0.4, 0.5) is 5.69 Å². The lowest BCUT2D eigenvalue weighted by Crippen LogP contribution is -2.36. The maximum Gasteiger partial charge on any atom is 0.261 e. The Labute approximate surface area is 156 Å². The summed E-state index contributed by atoms with van der Waals surface area (Å²) in [5.41, 5.74) is 2.29. The topological polar surface area (TPSA) is 41.6 Å². The van der Waals surface area contributed by atoms with E-state index in [1.165, 1.54) is 17.0 Å². The van der Waals surface area contributed by atoms with Crippen molar-refractivity contribution in [3.63, 3.8) is 0 Å². The molecule has 0 unspecified atom stereocenters. The highest BCUT2D eigenvalue weighted by Crippen LogP contribution is 2.32. The molecule has 0 atom stereocenters. The van der Waals surface area contributed by atoms with Crippen LogP contribution in [0.25, 0.3) is 0 Å². The lowest BCUT2D eigenvalue weighted by Gasteiger charge is -2.28. The van der Waals surface area contributed by atoms with Crippen LogP contribution in [0.2, 0.25) is 0 Å². The van der Waals surface area contributed by atoms with E-state index in [2.05, 4.69) is 66.3 Å². The monoisotopic (exact) mass is 458 g/mol. The Kier molecular flexibility index (Phi) is 5.74. The van der Waals surface area contributed by atoms with E-state index in [-0.39, 0.29) is 5.91 Å². The first-order valence-corrected chi connectivity index (χ1v) is 9.68. The Hall–Kier alpha value is -0.890. The molecule has 1 aromatic heterocycles. The number of rotatable bonds is 4. The van der Waals surface area contributed by atoms with Crippen molar-refractivity contribution in [2.45, 2.75) is 6.54 Å². The van der Waals surface area contributed by atoms with Crippen molar-refractivity contribution in [1.29, 1.82) is 0 Å². The minimum atomic E-state index is -0.0568. The van der Waals surface area contributed by atoms with Crippen LogP contribution in [0.5, 0.6) is 0 Å². The molecule has 1 saturated heterocycles.